The Labute approximate surface area is 202 Å². The van der Waals surface area contributed by atoms with E-state index in [1.54, 1.807) is 4.90 Å². The normalized spacial score (nSPS) is 15.3. The van der Waals surface area contributed by atoms with E-state index < -0.39 is 0 Å². The lowest BCUT2D eigenvalue weighted by Gasteiger charge is -2.28. The van der Waals surface area contributed by atoms with E-state index in [4.69, 9.17) is 9.47 Å². The summed E-state index contributed by atoms with van der Waals surface area (Å²) in [5.41, 5.74) is 2.77. The smallest absolute Gasteiger partial charge is 0.260 e. The molecule has 0 unspecified atom stereocenters. The molecule has 34 heavy (non-hydrogen) atoms. The van der Waals surface area contributed by atoms with Crippen molar-refractivity contribution in [1.29, 1.82) is 0 Å². The molecular formula is C26H36N4O4. The summed E-state index contributed by atoms with van der Waals surface area (Å²) in [6, 6.07) is 15.5. The number of fused-ring (bicyclic) bond motifs is 1. The molecule has 8 nitrogen and oxygen atoms in total. The number of anilines is 2. The predicted octanol–water partition coefficient (Wildman–Crippen LogP) is 2.48. The summed E-state index contributed by atoms with van der Waals surface area (Å²) in [6.07, 6.45) is 0.833. The van der Waals surface area contributed by atoms with Gasteiger partial charge in [0, 0.05) is 64.8 Å². The Morgan fingerprint density at radius 1 is 0.941 bits per heavy atom. The van der Waals surface area contributed by atoms with Crippen molar-refractivity contribution in [2.75, 3.05) is 77.4 Å². The zero-order chi connectivity index (χ0) is 24.5. The number of carbonyl (C=O) groups is 2. The third-order valence-electron chi connectivity index (χ3n) is 5.93. The van der Waals surface area contributed by atoms with Crippen molar-refractivity contribution < 1.29 is 19.1 Å². The van der Waals surface area contributed by atoms with E-state index in [1.807, 2.05) is 79.5 Å². The molecule has 8 heteroatoms. The zero-order valence-corrected chi connectivity index (χ0v) is 20.7. The van der Waals surface area contributed by atoms with Gasteiger partial charge < -0.3 is 29.1 Å². The minimum atomic E-state index is -0.0903. The summed E-state index contributed by atoms with van der Waals surface area (Å²) >= 11 is 0. The van der Waals surface area contributed by atoms with Crippen molar-refractivity contribution >= 4 is 23.2 Å². The van der Waals surface area contributed by atoms with E-state index in [9.17, 15) is 9.59 Å². The number of likely N-dealkylation sites (N-methyl/N-ethyl adjacent to an activating group) is 1. The molecule has 0 saturated carbocycles. The third kappa shape index (κ3) is 6.95. The predicted molar refractivity (Wildman–Crippen MR) is 134 cm³/mol. The summed E-state index contributed by atoms with van der Waals surface area (Å²) in [5, 5.41) is 0. The number of methoxy groups -OCH3 is 1. The van der Waals surface area contributed by atoms with E-state index in [0.717, 1.165) is 36.4 Å². The maximum atomic E-state index is 13.2. The van der Waals surface area contributed by atoms with Crippen LogP contribution in [0.25, 0.3) is 0 Å². The first-order chi connectivity index (χ1) is 16.4. The molecule has 0 saturated heterocycles. The van der Waals surface area contributed by atoms with Crippen LogP contribution in [0, 0.1) is 0 Å². The molecule has 3 rings (SSSR count). The van der Waals surface area contributed by atoms with Gasteiger partial charge >= 0.3 is 0 Å². The lowest BCUT2D eigenvalue weighted by Crippen LogP contribution is -2.39. The van der Waals surface area contributed by atoms with Crippen molar-refractivity contribution in [3.63, 3.8) is 0 Å². The lowest BCUT2D eigenvalue weighted by atomic mass is 10.1. The van der Waals surface area contributed by atoms with Crippen LogP contribution in [-0.4, -0.2) is 89.3 Å². The number of ether oxygens (including phenoxy) is 2. The van der Waals surface area contributed by atoms with Gasteiger partial charge in [0.15, 0.2) is 6.61 Å². The molecule has 2 amide bonds. The molecule has 0 atom stereocenters. The largest absolute Gasteiger partial charge is 0.484 e. The Bertz CT molecular complexity index is 965. The fourth-order valence-corrected chi connectivity index (χ4v) is 3.98. The maximum absolute atomic E-state index is 13.2. The van der Waals surface area contributed by atoms with Gasteiger partial charge in [-0.1, -0.05) is 24.3 Å². The molecule has 0 radical (unpaired) electrons. The quantitative estimate of drug-likeness (QED) is 0.649. The van der Waals surface area contributed by atoms with E-state index in [1.165, 1.54) is 7.11 Å². The van der Waals surface area contributed by atoms with Gasteiger partial charge in [0.1, 0.15) is 12.4 Å². The Kier molecular flexibility index (Phi) is 9.30. The van der Waals surface area contributed by atoms with Crippen molar-refractivity contribution in [2.24, 2.45) is 0 Å². The molecule has 1 heterocycles. The maximum Gasteiger partial charge on any atom is 0.260 e. The van der Waals surface area contributed by atoms with E-state index in [2.05, 4.69) is 4.90 Å². The number of para-hydroxylation sites is 1. The highest BCUT2D eigenvalue weighted by atomic mass is 16.5. The van der Waals surface area contributed by atoms with Gasteiger partial charge in [-0.15, -0.1) is 0 Å². The van der Waals surface area contributed by atoms with Crippen LogP contribution in [0.5, 0.6) is 5.75 Å². The second-order valence-electron chi connectivity index (χ2n) is 8.76. The molecule has 1 aliphatic heterocycles. The van der Waals surface area contributed by atoms with Gasteiger partial charge in [-0.3, -0.25) is 9.59 Å². The van der Waals surface area contributed by atoms with Gasteiger partial charge in [-0.2, -0.15) is 0 Å². The van der Waals surface area contributed by atoms with Crippen LogP contribution in [-0.2, 0) is 20.9 Å². The average molecular weight is 469 g/mol. The second-order valence-corrected chi connectivity index (χ2v) is 8.76. The molecule has 0 aromatic heterocycles. The van der Waals surface area contributed by atoms with Crippen molar-refractivity contribution in [3.05, 3.63) is 54.1 Å². The number of hydrogen-bond acceptors (Lipinski definition) is 6. The summed E-state index contributed by atoms with van der Waals surface area (Å²) < 4.78 is 11.0. The van der Waals surface area contributed by atoms with Gasteiger partial charge in [0.2, 0.25) is 0 Å². The van der Waals surface area contributed by atoms with Gasteiger partial charge in [0.05, 0.1) is 0 Å². The molecule has 184 valence electrons. The third-order valence-corrected chi connectivity index (χ3v) is 5.93. The van der Waals surface area contributed by atoms with Crippen LogP contribution in [0.2, 0.25) is 0 Å². The molecule has 2 aromatic rings. The van der Waals surface area contributed by atoms with Crippen LogP contribution in [0.1, 0.15) is 12.0 Å². The standard InChI is InChI=1S/C26H36N4O4/c1-27(2)22-10-7-11-23(17-22)34-20-25(31)29-16-15-28(3)13-8-14-30(26(32)19-33-4)24-12-6-5-9-21(24)18-29/h5-7,9-12,17H,8,13-16,18-20H2,1-4H3. The zero-order valence-electron chi connectivity index (χ0n) is 20.7. The molecule has 0 bridgehead atoms. The second kappa shape index (κ2) is 12.4. The highest BCUT2D eigenvalue weighted by molar-refractivity contribution is 5.95. The fraction of sp³-hybridized carbons (Fsp3) is 0.462. The Balaban J connectivity index is 1.80. The topological polar surface area (TPSA) is 65.6 Å². The van der Waals surface area contributed by atoms with Crippen molar-refractivity contribution in [2.45, 2.75) is 13.0 Å². The molecular weight excluding hydrogens is 432 g/mol. The first-order valence-electron chi connectivity index (χ1n) is 11.6. The van der Waals surface area contributed by atoms with E-state index in [0.29, 0.717) is 25.4 Å². The first-order valence-corrected chi connectivity index (χ1v) is 11.6. The number of hydrogen-bond donors (Lipinski definition) is 0. The summed E-state index contributed by atoms with van der Waals surface area (Å²) in [7, 11) is 7.50. The monoisotopic (exact) mass is 468 g/mol. The van der Waals surface area contributed by atoms with Crippen LogP contribution in [0.3, 0.4) is 0 Å². The molecule has 2 aromatic carbocycles. The first kappa shape index (κ1) is 25.5. The fourth-order valence-electron chi connectivity index (χ4n) is 3.98. The Hall–Kier alpha value is -3.10. The van der Waals surface area contributed by atoms with Crippen molar-refractivity contribution in [3.8, 4) is 5.75 Å². The van der Waals surface area contributed by atoms with Gasteiger partial charge in [0.25, 0.3) is 11.8 Å². The van der Waals surface area contributed by atoms with Crippen LogP contribution in [0.4, 0.5) is 11.4 Å². The highest BCUT2D eigenvalue weighted by Crippen LogP contribution is 2.24. The number of benzene rings is 2. The molecule has 0 aliphatic carbocycles. The summed E-state index contributed by atoms with van der Waals surface area (Å²) in [6.45, 7) is 3.13. The molecule has 1 aliphatic rings. The minimum absolute atomic E-state index is 0.0205. The Morgan fingerprint density at radius 2 is 1.74 bits per heavy atom. The molecule has 0 N–H and O–H groups in total. The Morgan fingerprint density at radius 3 is 2.50 bits per heavy atom. The minimum Gasteiger partial charge on any atom is -0.484 e. The van der Waals surface area contributed by atoms with Crippen LogP contribution >= 0.6 is 0 Å². The number of rotatable bonds is 6. The van der Waals surface area contributed by atoms with E-state index in [-0.39, 0.29) is 25.0 Å². The lowest BCUT2D eigenvalue weighted by molar-refractivity contribution is -0.134. The molecule has 0 fully saturated rings. The molecule has 0 spiro atoms. The highest BCUT2D eigenvalue weighted by Gasteiger charge is 2.23. The van der Waals surface area contributed by atoms with Gasteiger partial charge in [-0.05, 0) is 43.8 Å². The summed E-state index contributed by atoms with van der Waals surface area (Å²) in [4.78, 5) is 33.8. The number of amides is 2. The van der Waals surface area contributed by atoms with Crippen LogP contribution in [0.15, 0.2) is 48.5 Å². The number of carbonyl (C=O) groups excluding carboxylic acids is 2. The van der Waals surface area contributed by atoms with E-state index >= 15 is 0 Å². The van der Waals surface area contributed by atoms with Gasteiger partial charge in [-0.25, -0.2) is 0 Å². The SMILES string of the molecule is COCC(=O)N1CCCN(C)CCN(C(=O)COc2cccc(N(C)C)c2)Cc2ccccc21. The van der Waals surface area contributed by atoms with Crippen LogP contribution < -0.4 is 14.5 Å². The summed E-state index contributed by atoms with van der Waals surface area (Å²) in [5.74, 6) is 0.484. The van der Waals surface area contributed by atoms with Crippen molar-refractivity contribution in [1.82, 2.24) is 9.80 Å². The number of nitrogens with zero attached hydrogens (tertiary/aromatic N) is 4. The average Bonchev–Trinajstić information content (AvgIpc) is 2.86.